The lowest BCUT2D eigenvalue weighted by Crippen LogP contribution is -2.12. The van der Waals surface area contributed by atoms with Crippen molar-refractivity contribution in [2.24, 2.45) is 5.10 Å². The van der Waals surface area contributed by atoms with Gasteiger partial charge in [0.2, 0.25) is 0 Å². The summed E-state index contributed by atoms with van der Waals surface area (Å²) in [6.07, 6.45) is 1.66. The van der Waals surface area contributed by atoms with E-state index in [0.29, 0.717) is 0 Å². The van der Waals surface area contributed by atoms with Gasteiger partial charge in [0.15, 0.2) is 0 Å². The maximum atomic E-state index is 11.8. The van der Waals surface area contributed by atoms with Gasteiger partial charge in [-0.1, -0.05) is 46.3 Å². The summed E-state index contributed by atoms with van der Waals surface area (Å²) in [5.74, 6) is 0. The van der Waals surface area contributed by atoms with Gasteiger partial charge in [-0.05, 0) is 23.8 Å². The fourth-order valence-corrected chi connectivity index (χ4v) is 2.21. The number of aromatic amines is 1. The van der Waals surface area contributed by atoms with Crippen molar-refractivity contribution >= 4 is 33.2 Å². The first-order valence-corrected chi connectivity index (χ1v) is 6.53. The fraction of sp³-hybridized carbons (Fsp3) is 0. The number of imidazole rings is 1. The van der Waals surface area contributed by atoms with Crippen molar-refractivity contribution in [2.75, 3.05) is 0 Å². The first-order chi connectivity index (χ1) is 9.24. The highest BCUT2D eigenvalue weighted by molar-refractivity contribution is 9.10. The van der Waals surface area contributed by atoms with Gasteiger partial charge in [0.25, 0.3) is 0 Å². The molecule has 3 aromatic rings. The molecule has 0 radical (unpaired) electrons. The highest BCUT2D eigenvalue weighted by Crippen LogP contribution is 2.16. The minimum absolute atomic E-state index is 0.250. The van der Waals surface area contributed by atoms with Gasteiger partial charge in [0, 0.05) is 4.47 Å². The van der Waals surface area contributed by atoms with E-state index in [9.17, 15) is 4.79 Å². The second-order valence-corrected chi connectivity index (χ2v) is 4.97. The number of rotatable bonds is 2. The van der Waals surface area contributed by atoms with Crippen LogP contribution in [-0.2, 0) is 0 Å². The lowest BCUT2D eigenvalue weighted by molar-refractivity contribution is 0.863. The minimum atomic E-state index is -0.250. The van der Waals surface area contributed by atoms with Crippen molar-refractivity contribution < 1.29 is 0 Å². The molecule has 0 aliphatic carbocycles. The Kier molecular flexibility index (Phi) is 3.05. The molecule has 1 N–H and O–H groups in total. The van der Waals surface area contributed by atoms with Gasteiger partial charge >= 0.3 is 5.69 Å². The average molecular weight is 316 g/mol. The van der Waals surface area contributed by atoms with E-state index in [1.54, 1.807) is 6.21 Å². The van der Waals surface area contributed by atoms with Crippen molar-refractivity contribution in [3.63, 3.8) is 0 Å². The summed E-state index contributed by atoms with van der Waals surface area (Å²) >= 11 is 3.37. The van der Waals surface area contributed by atoms with E-state index in [1.807, 2.05) is 48.5 Å². The number of nitrogens with one attached hydrogen (secondary N) is 1. The molecule has 0 saturated heterocycles. The fourth-order valence-electron chi connectivity index (χ4n) is 1.85. The summed E-state index contributed by atoms with van der Waals surface area (Å²) in [4.78, 5) is 14.6. The zero-order chi connectivity index (χ0) is 13.2. The number of hydrogen-bond donors (Lipinski definition) is 1. The molecule has 0 amide bonds. The summed E-state index contributed by atoms with van der Waals surface area (Å²) in [6.45, 7) is 0. The maximum Gasteiger partial charge on any atom is 0.347 e. The van der Waals surface area contributed by atoms with Crippen molar-refractivity contribution in [3.05, 3.63) is 69.1 Å². The summed E-state index contributed by atoms with van der Waals surface area (Å²) in [5, 5.41) is 4.23. The number of H-pyrrole nitrogens is 1. The second-order valence-electron chi connectivity index (χ2n) is 4.06. The minimum Gasteiger partial charge on any atom is -0.304 e. The lowest BCUT2D eigenvalue weighted by atomic mass is 10.2. The smallest absolute Gasteiger partial charge is 0.304 e. The molecule has 1 aromatic heterocycles. The third-order valence-electron chi connectivity index (χ3n) is 2.74. The standard InChI is InChI=1S/C14H10BrN3O/c15-11-6-7-13-12(8-11)17-14(19)18(13)16-9-10-4-2-1-3-5-10/h1-9H,(H,17,19)/b16-9+. The Balaban J connectivity index is 2.08. The first kappa shape index (κ1) is 11.9. The molecule has 0 atom stereocenters. The summed E-state index contributed by atoms with van der Waals surface area (Å²) < 4.78 is 2.27. The molecule has 0 unspecified atom stereocenters. The SMILES string of the molecule is O=c1[nH]c2cc(Br)ccc2n1/N=C/c1ccccc1. The zero-order valence-corrected chi connectivity index (χ0v) is 11.5. The van der Waals surface area contributed by atoms with Crippen molar-refractivity contribution in [1.29, 1.82) is 0 Å². The summed E-state index contributed by atoms with van der Waals surface area (Å²) in [6, 6.07) is 15.2. The molecule has 5 heteroatoms. The molecular formula is C14H10BrN3O. The number of nitrogens with zero attached hydrogens (tertiary/aromatic N) is 2. The molecule has 0 aliphatic heterocycles. The van der Waals surface area contributed by atoms with Gasteiger partial charge in [-0.3, -0.25) is 0 Å². The molecule has 1 heterocycles. The van der Waals surface area contributed by atoms with Gasteiger partial charge in [-0.2, -0.15) is 9.78 Å². The number of fused-ring (bicyclic) bond motifs is 1. The van der Waals surface area contributed by atoms with Crippen molar-refractivity contribution in [3.8, 4) is 0 Å². The second kappa shape index (κ2) is 4.85. The number of aromatic nitrogens is 2. The van der Waals surface area contributed by atoms with E-state index in [-0.39, 0.29) is 5.69 Å². The predicted molar refractivity (Wildman–Crippen MR) is 79.7 cm³/mol. The van der Waals surface area contributed by atoms with Crippen LogP contribution < -0.4 is 5.69 Å². The third kappa shape index (κ3) is 2.37. The molecule has 4 nitrogen and oxygen atoms in total. The van der Waals surface area contributed by atoms with Gasteiger partial charge in [-0.15, -0.1) is 0 Å². The molecule has 19 heavy (non-hydrogen) atoms. The van der Waals surface area contributed by atoms with Crippen LogP contribution in [0.4, 0.5) is 0 Å². The predicted octanol–water partition coefficient (Wildman–Crippen LogP) is 2.97. The van der Waals surface area contributed by atoms with Crippen molar-refractivity contribution in [1.82, 2.24) is 9.66 Å². The van der Waals surface area contributed by atoms with E-state index in [0.717, 1.165) is 21.1 Å². The van der Waals surface area contributed by atoms with E-state index in [4.69, 9.17) is 0 Å². The third-order valence-corrected chi connectivity index (χ3v) is 3.24. The molecule has 0 saturated carbocycles. The van der Waals surface area contributed by atoms with E-state index in [1.165, 1.54) is 4.68 Å². The topological polar surface area (TPSA) is 50.1 Å². The Labute approximate surface area is 117 Å². The van der Waals surface area contributed by atoms with E-state index >= 15 is 0 Å². The number of halogens is 1. The van der Waals surface area contributed by atoms with Crippen molar-refractivity contribution in [2.45, 2.75) is 0 Å². The Bertz CT molecular complexity index is 802. The van der Waals surface area contributed by atoms with Crippen LogP contribution >= 0.6 is 15.9 Å². The Morgan fingerprint density at radius 2 is 1.95 bits per heavy atom. The number of hydrogen-bond acceptors (Lipinski definition) is 2. The highest BCUT2D eigenvalue weighted by atomic mass is 79.9. The van der Waals surface area contributed by atoms with Gasteiger partial charge in [0.05, 0.1) is 17.2 Å². The highest BCUT2D eigenvalue weighted by Gasteiger charge is 2.05. The van der Waals surface area contributed by atoms with Crippen LogP contribution in [0.5, 0.6) is 0 Å². The normalized spacial score (nSPS) is 11.4. The van der Waals surface area contributed by atoms with Crippen LogP contribution in [0.25, 0.3) is 11.0 Å². The molecule has 0 spiro atoms. The first-order valence-electron chi connectivity index (χ1n) is 5.74. The Morgan fingerprint density at radius 3 is 2.74 bits per heavy atom. The van der Waals surface area contributed by atoms with Crippen LogP contribution in [0.3, 0.4) is 0 Å². The Morgan fingerprint density at radius 1 is 1.16 bits per heavy atom. The van der Waals surface area contributed by atoms with Gasteiger partial charge < -0.3 is 4.98 Å². The van der Waals surface area contributed by atoms with Crippen LogP contribution in [0, 0.1) is 0 Å². The van der Waals surface area contributed by atoms with Gasteiger partial charge in [-0.25, -0.2) is 4.79 Å². The Hall–Kier alpha value is -2.14. The number of benzene rings is 2. The molecule has 0 bridgehead atoms. The van der Waals surface area contributed by atoms with Crippen LogP contribution in [-0.4, -0.2) is 15.9 Å². The zero-order valence-electron chi connectivity index (χ0n) is 9.88. The van der Waals surface area contributed by atoms with Gasteiger partial charge in [0.1, 0.15) is 0 Å². The molecule has 2 aromatic carbocycles. The maximum absolute atomic E-state index is 11.8. The van der Waals surface area contributed by atoms with E-state index in [2.05, 4.69) is 26.0 Å². The molecule has 0 aliphatic rings. The average Bonchev–Trinajstić information content (AvgIpc) is 2.72. The van der Waals surface area contributed by atoms with Crippen LogP contribution in [0.15, 0.2) is 62.9 Å². The lowest BCUT2D eigenvalue weighted by Gasteiger charge is -1.95. The quantitative estimate of drug-likeness (QED) is 0.726. The molecule has 0 fully saturated rings. The van der Waals surface area contributed by atoms with Crippen LogP contribution in [0.1, 0.15) is 5.56 Å². The largest absolute Gasteiger partial charge is 0.347 e. The summed E-state index contributed by atoms with van der Waals surface area (Å²) in [5.41, 5.74) is 2.20. The monoisotopic (exact) mass is 315 g/mol. The molecular weight excluding hydrogens is 306 g/mol. The molecule has 94 valence electrons. The molecule has 3 rings (SSSR count). The summed E-state index contributed by atoms with van der Waals surface area (Å²) in [7, 11) is 0. The van der Waals surface area contributed by atoms with Crippen LogP contribution in [0.2, 0.25) is 0 Å². The van der Waals surface area contributed by atoms with E-state index < -0.39 is 0 Å².